The van der Waals surface area contributed by atoms with Gasteiger partial charge in [0.05, 0.1) is 28.0 Å². The molecule has 3 heterocycles. The molecule has 146 valence electrons. The fourth-order valence-corrected chi connectivity index (χ4v) is 3.04. The lowest BCUT2D eigenvalue weighted by Crippen LogP contribution is -2.16. The van der Waals surface area contributed by atoms with Gasteiger partial charge >= 0.3 is 0 Å². The number of rotatable bonds is 5. The van der Waals surface area contributed by atoms with E-state index in [0.717, 1.165) is 22.3 Å². The third-order valence-corrected chi connectivity index (χ3v) is 4.69. The molecule has 3 aromatic heterocycles. The van der Waals surface area contributed by atoms with Gasteiger partial charge in [-0.05, 0) is 49.4 Å². The van der Waals surface area contributed by atoms with Gasteiger partial charge in [0.2, 0.25) is 0 Å². The van der Waals surface area contributed by atoms with Crippen LogP contribution in [0.25, 0.3) is 16.6 Å². The molecule has 7 heteroatoms. The first kappa shape index (κ1) is 19.1. The Hall–Kier alpha value is -3.22. The van der Waals surface area contributed by atoms with Crippen molar-refractivity contribution in [1.29, 1.82) is 0 Å². The topological polar surface area (TPSA) is 77.2 Å². The molecular weight excluding hydrogens is 390 g/mol. The van der Waals surface area contributed by atoms with E-state index < -0.39 is 6.10 Å². The lowest BCUT2D eigenvalue weighted by atomic mass is 10.1. The van der Waals surface area contributed by atoms with E-state index in [4.69, 9.17) is 16.3 Å². The summed E-state index contributed by atoms with van der Waals surface area (Å²) < 4.78 is 7.19. The standard InChI is InChI=1S/C22H18ClN3O3/c1-14(27)20-6-2-15-10-18(5-7-21(15)25-20)26-9-8-19(11-22(26)28)29-13-17-4-3-16(23)12-24-17/h2-12,14,27H,13H2,1H3. The third-order valence-electron chi connectivity index (χ3n) is 4.47. The Labute approximate surface area is 172 Å². The average molecular weight is 408 g/mol. The van der Waals surface area contributed by atoms with Crippen molar-refractivity contribution in [2.45, 2.75) is 19.6 Å². The molecule has 0 bridgehead atoms. The van der Waals surface area contributed by atoms with E-state index in [1.54, 1.807) is 43.6 Å². The summed E-state index contributed by atoms with van der Waals surface area (Å²) in [5.74, 6) is 0.465. The zero-order chi connectivity index (χ0) is 20.4. The van der Waals surface area contributed by atoms with Gasteiger partial charge in [0.1, 0.15) is 12.4 Å². The van der Waals surface area contributed by atoms with Crippen molar-refractivity contribution < 1.29 is 9.84 Å². The summed E-state index contributed by atoms with van der Waals surface area (Å²) in [6.07, 6.45) is 2.60. The molecule has 4 rings (SSSR count). The Morgan fingerprint density at radius 3 is 2.72 bits per heavy atom. The van der Waals surface area contributed by atoms with Gasteiger partial charge in [-0.25, -0.2) is 0 Å². The van der Waals surface area contributed by atoms with Gasteiger partial charge in [-0.15, -0.1) is 0 Å². The molecule has 0 aliphatic carbocycles. The maximum Gasteiger partial charge on any atom is 0.258 e. The number of fused-ring (bicyclic) bond motifs is 1. The van der Waals surface area contributed by atoms with Crippen LogP contribution in [-0.2, 0) is 6.61 Å². The fourth-order valence-electron chi connectivity index (χ4n) is 2.92. The minimum Gasteiger partial charge on any atom is -0.487 e. The van der Waals surface area contributed by atoms with E-state index in [-0.39, 0.29) is 12.2 Å². The van der Waals surface area contributed by atoms with Crippen molar-refractivity contribution in [3.63, 3.8) is 0 Å². The Morgan fingerprint density at radius 2 is 2.00 bits per heavy atom. The normalized spacial score (nSPS) is 12.1. The maximum atomic E-state index is 12.6. The van der Waals surface area contributed by atoms with E-state index in [0.29, 0.717) is 16.5 Å². The molecule has 0 spiro atoms. The number of aliphatic hydroxyl groups excluding tert-OH is 1. The van der Waals surface area contributed by atoms with Crippen molar-refractivity contribution in [3.8, 4) is 11.4 Å². The van der Waals surface area contributed by atoms with E-state index in [9.17, 15) is 9.90 Å². The Balaban J connectivity index is 1.56. The van der Waals surface area contributed by atoms with Crippen LogP contribution in [-0.4, -0.2) is 19.6 Å². The summed E-state index contributed by atoms with van der Waals surface area (Å²) in [7, 11) is 0. The second-order valence-electron chi connectivity index (χ2n) is 6.62. The number of nitrogens with zero attached hydrogens (tertiary/aromatic N) is 3. The predicted molar refractivity (Wildman–Crippen MR) is 112 cm³/mol. The summed E-state index contributed by atoms with van der Waals surface area (Å²) in [5.41, 5.74) is 2.60. The molecule has 1 atom stereocenters. The molecular formula is C22H18ClN3O3. The molecule has 4 aromatic rings. The number of halogens is 1. The smallest absolute Gasteiger partial charge is 0.258 e. The van der Waals surface area contributed by atoms with E-state index in [1.165, 1.54) is 10.6 Å². The van der Waals surface area contributed by atoms with Crippen LogP contribution in [0.5, 0.6) is 5.75 Å². The maximum absolute atomic E-state index is 12.6. The molecule has 0 saturated heterocycles. The highest BCUT2D eigenvalue weighted by Gasteiger charge is 2.07. The molecule has 0 amide bonds. The zero-order valence-corrected chi connectivity index (χ0v) is 16.4. The van der Waals surface area contributed by atoms with Crippen molar-refractivity contribution in [2.24, 2.45) is 0 Å². The first-order valence-corrected chi connectivity index (χ1v) is 9.42. The molecule has 1 aromatic carbocycles. The van der Waals surface area contributed by atoms with Gasteiger partial charge in [0.15, 0.2) is 0 Å². The Morgan fingerprint density at radius 1 is 1.14 bits per heavy atom. The van der Waals surface area contributed by atoms with Crippen molar-refractivity contribution in [2.75, 3.05) is 0 Å². The third kappa shape index (κ3) is 4.29. The van der Waals surface area contributed by atoms with Crippen LogP contribution in [0, 0.1) is 0 Å². The van der Waals surface area contributed by atoms with Gasteiger partial charge in [-0.3, -0.25) is 19.3 Å². The molecule has 0 fully saturated rings. The molecule has 0 saturated carbocycles. The van der Waals surface area contributed by atoms with Crippen LogP contribution in [0.3, 0.4) is 0 Å². The summed E-state index contributed by atoms with van der Waals surface area (Å²) >= 11 is 5.82. The molecule has 0 aliphatic rings. The SMILES string of the molecule is CC(O)c1ccc2cc(-n3ccc(OCc4ccc(Cl)cn4)cc3=O)ccc2n1. The van der Waals surface area contributed by atoms with Crippen LogP contribution in [0.1, 0.15) is 24.4 Å². The van der Waals surface area contributed by atoms with Crippen LogP contribution in [0.2, 0.25) is 5.02 Å². The van der Waals surface area contributed by atoms with Crippen LogP contribution in [0.4, 0.5) is 0 Å². The fraction of sp³-hybridized carbons (Fsp3) is 0.136. The second kappa shape index (κ2) is 8.03. The minimum absolute atomic E-state index is 0.209. The quantitative estimate of drug-likeness (QED) is 0.539. The number of aromatic nitrogens is 3. The van der Waals surface area contributed by atoms with Crippen LogP contribution in [0.15, 0.2) is 71.8 Å². The van der Waals surface area contributed by atoms with Crippen LogP contribution >= 0.6 is 11.6 Å². The number of pyridine rings is 3. The Kier molecular flexibility index (Phi) is 5.29. The predicted octanol–water partition coefficient (Wildman–Crippen LogP) is 4.07. The van der Waals surface area contributed by atoms with Gasteiger partial charge in [0.25, 0.3) is 5.56 Å². The lowest BCUT2D eigenvalue weighted by Gasteiger charge is -2.10. The van der Waals surface area contributed by atoms with Crippen molar-refractivity contribution in [3.05, 3.63) is 93.8 Å². The first-order valence-electron chi connectivity index (χ1n) is 9.05. The summed E-state index contributed by atoms with van der Waals surface area (Å²) in [4.78, 5) is 21.2. The largest absolute Gasteiger partial charge is 0.487 e. The Bertz CT molecular complexity index is 1220. The van der Waals surface area contributed by atoms with Gasteiger partial charge < -0.3 is 9.84 Å². The summed E-state index contributed by atoms with van der Waals surface area (Å²) in [6, 6.07) is 15.9. The van der Waals surface area contributed by atoms with Crippen molar-refractivity contribution in [1.82, 2.24) is 14.5 Å². The molecule has 1 unspecified atom stereocenters. The summed E-state index contributed by atoms with van der Waals surface area (Å²) in [6.45, 7) is 1.92. The first-order chi connectivity index (χ1) is 14.0. The number of hydrogen-bond donors (Lipinski definition) is 1. The van der Waals surface area contributed by atoms with E-state index in [1.807, 2.05) is 24.3 Å². The molecule has 0 radical (unpaired) electrons. The zero-order valence-electron chi connectivity index (χ0n) is 15.6. The highest BCUT2D eigenvalue weighted by Crippen LogP contribution is 2.20. The lowest BCUT2D eigenvalue weighted by molar-refractivity contribution is 0.195. The van der Waals surface area contributed by atoms with E-state index in [2.05, 4.69) is 9.97 Å². The number of hydrogen-bond acceptors (Lipinski definition) is 5. The van der Waals surface area contributed by atoms with Crippen LogP contribution < -0.4 is 10.3 Å². The van der Waals surface area contributed by atoms with Gasteiger partial charge in [-0.2, -0.15) is 0 Å². The summed E-state index contributed by atoms with van der Waals surface area (Å²) in [5, 5.41) is 11.1. The minimum atomic E-state index is -0.627. The highest BCUT2D eigenvalue weighted by atomic mass is 35.5. The number of benzene rings is 1. The second-order valence-corrected chi connectivity index (χ2v) is 7.05. The van der Waals surface area contributed by atoms with Gasteiger partial charge in [-0.1, -0.05) is 17.7 Å². The average Bonchev–Trinajstić information content (AvgIpc) is 2.72. The van der Waals surface area contributed by atoms with E-state index >= 15 is 0 Å². The highest BCUT2D eigenvalue weighted by molar-refractivity contribution is 6.30. The molecule has 1 N–H and O–H groups in total. The monoisotopic (exact) mass is 407 g/mol. The molecule has 29 heavy (non-hydrogen) atoms. The number of aliphatic hydroxyl groups is 1. The van der Waals surface area contributed by atoms with Crippen molar-refractivity contribution >= 4 is 22.5 Å². The number of ether oxygens (including phenoxy) is 1. The molecule has 6 nitrogen and oxygen atoms in total. The van der Waals surface area contributed by atoms with Gasteiger partial charge in [0, 0.05) is 29.5 Å². The molecule has 0 aliphatic heterocycles.